The summed E-state index contributed by atoms with van der Waals surface area (Å²) in [6.45, 7) is 14.8. The number of likely N-dealkylation sites (tertiary alicyclic amines) is 1. The molecule has 2 aliphatic rings. The second-order valence-electron chi connectivity index (χ2n) is 10.9. The average molecular weight is 466 g/mol. The van der Waals surface area contributed by atoms with Gasteiger partial charge < -0.3 is 15.0 Å². The van der Waals surface area contributed by atoms with Crippen molar-refractivity contribution in [2.24, 2.45) is 0 Å². The first-order chi connectivity index (χ1) is 16.1. The summed E-state index contributed by atoms with van der Waals surface area (Å²) in [5, 5.41) is 3.38. The van der Waals surface area contributed by atoms with E-state index in [0.29, 0.717) is 12.0 Å². The lowest BCUT2D eigenvalue weighted by atomic mass is 9.97. The van der Waals surface area contributed by atoms with Crippen molar-refractivity contribution in [3.05, 3.63) is 46.8 Å². The van der Waals surface area contributed by atoms with Crippen LogP contribution in [-0.4, -0.2) is 63.2 Å². The molecule has 7 nitrogen and oxygen atoms in total. The van der Waals surface area contributed by atoms with Crippen molar-refractivity contribution in [3.63, 3.8) is 0 Å². The zero-order chi connectivity index (χ0) is 24.5. The summed E-state index contributed by atoms with van der Waals surface area (Å²) in [6, 6.07) is 7.05. The number of aryl methyl sites for hydroxylation is 2. The molecule has 2 atom stereocenters. The number of fused-ring (bicyclic) bond motifs is 1. The first kappa shape index (κ1) is 24.5. The molecule has 1 N–H and O–H groups in total. The second kappa shape index (κ2) is 9.90. The van der Waals surface area contributed by atoms with Gasteiger partial charge in [-0.2, -0.15) is 0 Å². The lowest BCUT2D eigenvalue weighted by Crippen LogP contribution is -2.52. The van der Waals surface area contributed by atoms with Crippen LogP contribution < -0.4 is 5.32 Å². The summed E-state index contributed by atoms with van der Waals surface area (Å²) in [7, 11) is 0. The number of benzene rings is 1. The van der Waals surface area contributed by atoms with E-state index in [2.05, 4.69) is 54.2 Å². The minimum atomic E-state index is -0.461. The Hall–Kier alpha value is -2.67. The molecule has 2 aromatic rings. The van der Waals surface area contributed by atoms with Crippen LogP contribution in [0.2, 0.25) is 0 Å². The Morgan fingerprint density at radius 3 is 2.47 bits per heavy atom. The zero-order valence-corrected chi connectivity index (χ0v) is 21.5. The molecule has 34 heavy (non-hydrogen) atoms. The molecular formula is C27H39N5O2. The molecule has 0 spiro atoms. The Morgan fingerprint density at radius 1 is 1.09 bits per heavy atom. The predicted octanol–water partition coefficient (Wildman–Crippen LogP) is 5.03. The number of hydrogen-bond donors (Lipinski definition) is 1. The van der Waals surface area contributed by atoms with Crippen molar-refractivity contribution in [3.8, 4) is 0 Å². The van der Waals surface area contributed by atoms with Crippen LogP contribution in [0.1, 0.15) is 62.9 Å². The van der Waals surface area contributed by atoms with Crippen LogP contribution in [-0.2, 0) is 17.6 Å². The summed E-state index contributed by atoms with van der Waals surface area (Å²) in [6.07, 6.45) is 5.62. The third-order valence-electron chi connectivity index (χ3n) is 6.73. The molecule has 7 heteroatoms. The van der Waals surface area contributed by atoms with Gasteiger partial charge in [0.1, 0.15) is 5.60 Å². The number of aromatic nitrogens is 2. The highest BCUT2D eigenvalue weighted by Crippen LogP contribution is 2.26. The number of anilines is 2. The minimum Gasteiger partial charge on any atom is -0.444 e. The van der Waals surface area contributed by atoms with E-state index in [0.717, 1.165) is 56.7 Å². The van der Waals surface area contributed by atoms with Crippen molar-refractivity contribution in [1.29, 1.82) is 0 Å². The highest BCUT2D eigenvalue weighted by Gasteiger charge is 2.34. The fourth-order valence-corrected chi connectivity index (χ4v) is 5.16. The summed E-state index contributed by atoms with van der Waals surface area (Å²) < 4.78 is 5.61. The number of piperidine rings is 1. The number of rotatable bonds is 3. The Labute approximate surface area is 203 Å². The van der Waals surface area contributed by atoms with E-state index in [9.17, 15) is 4.79 Å². The van der Waals surface area contributed by atoms with Gasteiger partial charge in [0.25, 0.3) is 0 Å². The van der Waals surface area contributed by atoms with Gasteiger partial charge in [-0.3, -0.25) is 4.90 Å². The molecule has 1 aromatic heterocycles. The lowest BCUT2D eigenvalue weighted by molar-refractivity contribution is 0.00176. The van der Waals surface area contributed by atoms with Gasteiger partial charge in [-0.1, -0.05) is 6.07 Å². The largest absolute Gasteiger partial charge is 0.444 e. The van der Waals surface area contributed by atoms with Crippen molar-refractivity contribution in [2.45, 2.75) is 84.9 Å². The first-order valence-electron chi connectivity index (χ1n) is 12.5. The number of ether oxygens (including phenoxy) is 1. The highest BCUT2D eigenvalue weighted by molar-refractivity contribution is 5.68. The van der Waals surface area contributed by atoms with Crippen LogP contribution in [0.3, 0.4) is 0 Å². The third-order valence-corrected chi connectivity index (χ3v) is 6.73. The fourth-order valence-electron chi connectivity index (χ4n) is 5.16. The van der Waals surface area contributed by atoms with Crippen molar-refractivity contribution >= 4 is 17.7 Å². The van der Waals surface area contributed by atoms with Gasteiger partial charge in [-0.25, -0.2) is 14.8 Å². The maximum atomic E-state index is 12.6. The lowest BCUT2D eigenvalue weighted by Gasteiger charge is -2.42. The molecule has 184 valence electrons. The van der Waals surface area contributed by atoms with E-state index in [1.807, 2.05) is 31.9 Å². The Bertz CT molecular complexity index is 1010. The standard InChI is InChI=1S/C27H39N5O2/c1-18-13-19(2)15-22(14-18)29-25-28-17-21-7-10-31(11-9-24(21)30-25)23-8-12-32(20(3)16-23)26(33)34-27(4,5)6/h13-15,17,20,23H,7-12,16H2,1-6H3,(H,28,29,30)/t20-,23?/m0/s1. The van der Waals surface area contributed by atoms with E-state index in [-0.39, 0.29) is 12.1 Å². The molecule has 4 rings (SSSR count). The van der Waals surface area contributed by atoms with E-state index >= 15 is 0 Å². The molecule has 3 heterocycles. The molecule has 0 saturated carbocycles. The summed E-state index contributed by atoms with van der Waals surface area (Å²) >= 11 is 0. The molecule has 1 saturated heterocycles. The van der Waals surface area contributed by atoms with Gasteiger partial charge in [-0.05, 0) is 89.6 Å². The van der Waals surface area contributed by atoms with E-state index in [1.165, 1.54) is 16.7 Å². The molecule has 2 aliphatic heterocycles. The van der Waals surface area contributed by atoms with Gasteiger partial charge >= 0.3 is 6.09 Å². The van der Waals surface area contributed by atoms with E-state index < -0.39 is 5.60 Å². The molecule has 1 amide bonds. The Balaban J connectivity index is 1.37. The van der Waals surface area contributed by atoms with Gasteiger partial charge in [0, 0.05) is 50.0 Å². The van der Waals surface area contributed by atoms with Crippen molar-refractivity contribution in [1.82, 2.24) is 19.8 Å². The van der Waals surface area contributed by atoms with Crippen LogP contribution in [0.15, 0.2) is 24.4 Å². The predicted molar refractivity (Wildman–Crippen MR) is 136 cm³/mol. The molecule has 0 radical (unpaired) electrons. The number of nitrogens with one attached hydrogen (secondary N) is 1. The highest BCUT2D eigenvalue weighted by atomic mass is 16.6. The smallest absolute Gasteiger partial charge is 0.410 e. The van der Waals surface area contributed by atoms with Gasteiger partial charge in [0.05, 0.1) is 5.69 Å². The average Bonchev–Trinajstić information content (AvgIpc) is 2.94. The molecule has 1 aromatic carbocycles. The quantitative estimate of drug-likeness (QED) is 0.686. The van der Waals surface area contributed by atoms with Crippen LogP contribution in [0.5, 0.6) is 0 Å². The van der Waals surface area contributed by atoms with Crippen LogP contribution in [0.4, 0.5) is 16.4 Å². The number of carbonyl (C=O) groups is 1. The van der Waals surface area contributed by atoms with Gasteiger partial charge in [0.2, 0.25) is 5.95 Å². The third kappa shape index (κ3) is 6.06. The topological polar surface area (TPSA) is 70.6 Å². The first-order valence-corrected chi connectivity index (χ1v) is 12.5. The maximum Gasteiger partial charge on any atom is 0.410 e. The van der Waals surface area contributed by atoms with E-state index in [1.54, 1.807) is 0 Å². The number of carbonyl (C=O) groups excluding carboxylic acids is 1. The SMILES string of the molecule is Cc1cc(C)cc(Nc2ncc3c(n2)CCN(C2CCN(C(=O)OC(C)(C)C)[C@@H](C)C2)CC3)c1. The number of amides is 1. The fraction of sp³-hybridized carbons (Fsp3) is 0.593. The summed E-state index contributed by atoms with van der Waals surface area (Å²) in [5.74, 6) is 0.663. The molecular weight excluding hydrogens is 426 g/mol. The minimum absolute atomic E-state index is 0.174. The van der Waals surface area contributed by atoms with Gasteiger partial charge in [0.15, 0.2) is 0 Å². The number of hydrogen-bond acceptors (Lipinski definition) is 6. The van der Waals surface area contributed by atoms with Crippen molar-refractivity contribution < 1.29 is 9.53 Å². The monoisotopic (exact) mass is 465 g/mol. The Morgan fingerprint density at radius 2 is 1.79 bits per heavy atom. The normalized spacial score (nSPS) is 21.5. The maximum absolute atomic E-state index is 12.6. The molecule has 1 unspecified atom stereocenters. The van der Waals surface area contributed by atoms with Crippen LogP contribution in [0, 0.1) is 13.8 Å². The number of nitrogens with zero attached hydrogens (tertiary/aromatic N) is 4. The van der Waals surface area contributed by atoms with Gasteiger partial charge in [-0.15, -0.1) is 0 Å². The summed E-state index contributed by atoms with van der Waals surface area (Å²) in [4.78, 5) is 26.5. The Kier molecular flexibility index (Phi) is 7.12. The molecule has 1 fully saturated rings. The molecule has 0 aliphatic carbocycles. The second-order valence-corrected chi connectivity index (χ2v) is 10.9. The molecule has 0 bridgehead atoms. The van der Waals surface area contributed by atoms with Crippen LogP contribution >= 0.6 is 0 Å². The van der Waals surface area contributed by atoms with Crippen molar-refractivity contribution in [2.75, 3.05) is 25.0 Å². The zero-order valence-electron chi connectivity index (χ0n) is 21.5. The van der Waals surface area contributed by atoms with E-state index in [4.69, 9.17) is 9.72 Å². The van der Waals surface area contributed by atoms with Crippen LogP contribution in [0.25, 0.3) is 0 Å². The summed E-state index contributed by atoms with van der Waals surface area (Å²) in [5.41, 5.74) is 5.39.